The summed E-state index contributed by atoms with van der Waals surface area (Å²) < 4.78 is 10.8. The molecule has 1 aromatic carbocycles. The number of esters is 2. The summed E-state index contributed by atoms with van der Waals surface area (Å²) in [5.74, 6) is -2.69. The molecule has 1 saturated heterocycles. The molecule has 0 aliphatic carbocycles. The van der Waals surface area contributed by atoms with Crippen LogP contribution in [0, 0.1) is 0 Å². The number of carbonyl (C=O) groups excluding carboxylic acids is 2. The molecule has 0 atom stereocenters. The number of rotatable bonds is 2. The molecule has 1 aromatic rings. The molecule has 0 bridgehead atoms. The van der Waals surface area contributed by atoms with Gasteiger partial charge in [-0.15, -0.1) is 12.6 Å². The summed E-state index contributed by atoms with van der Waals surface area (Å²) in [5, 5.41) is 2.84. The highest BCUT2D eigenvalue weighted by molar-refractivity contribution is 9.10. The van der Waals surface area contributed by atoms with E-state index in [0.717, 1.165) is 4.47 Å². The number of hydrogen-bond acceptors (Lipinski definition) is 6. The molecule has 5 nitrogen and oxygen atoms in total. The minimum atomic E-state index is -1.24. The summed E-state index contributed by atoms with van der Waals surface area (Å²) in [6.07, 6.45) is 1.25. The maximum atomic E-state index is 11.7. The van der Waals surface area contributed by atoms with E-state index < -0.39 is 17.7 Å². The van der Waals surface area contributed by atoms with Crippen molar-refractivity contribution in [3.8, 4) is 0 Å². The average molecular weight is 358 g/mol. The molecule has 1 heterocycles. The van der Waals surface area contributed by atoms with Crippen LogP contribution in [0.5, 0.6) is 0 Å². The first-order valence-corrected chi connectivity index (χ1v) is 6.94. The summed E-state index contributed by atoms with van der Waals surface area (Å²) in [5.41, 5.74) is 0.453. The van der Waals surface area contributed by atoms with Crippen LogP contribution in [0.1, 0.15) is 13.8 Å². The first kappa shape index (κ1) is 14.9. The average Bonchev–Trinajstić information content (AvgIpc) is 2.28. The Balaban J connectivity index is 2.19. The van der Waals surface area contributed by atoms with Gasteiger partial charge in [0.2, 0.25) is 0 Å². The summed E-state index contributed by atoms with van der Waals surface area (Å²) in [7, 11) is 0. The van der Waals surface area contributed by atoms with Gasteiger partial charge >= 0.3 is 11.9 Å². The smallest absolute Gasteiger partial charge is 0.350 e. The van der Waals surface area contributed by atoms with Gasteiger partial charge in [0.15, 0.2) is 5.57 Å². The molecule has 20 heavy (non-hydrogen) atoms. The third-order valence-electron chi connectivity index (χ3n) is 2.45. The van der Waals surface area contributed by atoms with Gasteiger partial charge in [0, 0.05) is 29.4 Å². The fourth-order valence-corrected chi connectivity index (χ4v) is 2.37. The van der Waals surface area contributed by atoms with E-state index in [1.54, 1.807) is 18.2 Å². The predicted octanol–water partition coefficient (Wildman–Crippen LogP) is 2.87. The van der Waals surface area contributed by atoms with Gasteiger partial charge in [-0.3, -0.25) is 0 Å². The van der Waals surface area contributed by atoms with Gasteiger partial charge in [0.05, 0.1) is 5.69 Å². The van der Waals surface area contributed by atoms with Crippen LogP contribution < -0.4 is 5.32 Å². The second-order valence-corrected chi connectivity index (χ2v) is 5.94. The Kier molecular flexibility index (Phi) is 4.10. The molecule has 0 radical (unpaired) electrons. The number of hydrogen-bond donors (Lipinski definition) is 2. The lowest BCUT2D eigenvalue weighted by Gasteiger charge is -2.29. The van der Waals surface area contributed by atoms with E-state index >= 15 is 0 Å². The van der Waals surface area contributed by atoms with Crippen molar-refractivity contribution >= 4 is 46.2 Å². The van der Waals surface area contributed by atoms with Gasteiger partial charge in [-0.2, -0.15) is 0 Å². The Hall–Kier alpha value is -1.47. The monoisotopic (exact) mass is 357 g/mol. The largest absolute Gasteiger partial charge is 0.419 e. The normalized spacial score (nSPS) is 17.3. The zero-order chi connectivity index (χ0) is 14.9. The summed E-state index contributed by atoms with van der Waals surface area (Å²) in [6, 6.07) is 5.35. The zero-order valence-electron chi connectivity index (χ0n) is 10.8. The second-order valence-electron chi connectivity index (χ2n) is 4.54. The quantitative estimate of drug-likeness (QED) is 0.368. The van der Waals surface area contributed by atoms with Crippen LogP contribution in [-0.2, 0) is 19.1 Å². The van der Waals surface area contributed by atoms with E-state index in [2.05, 4.69) is 33.9 Å². The van der Waals surface area contributed by atoms with Gasteiger partial charge in [-0.1, -0.05) is 15.9 Å². The van der Waals surface area contributed by atoms with Crippen molar-refractivity contribution in [1.82, 2.24) is 0 Å². The minimum absolute atomic E-state index is 0.194. The molecule has 1 N–H and O–H groups in total. The van der Waals surface area contributed by atoms with Crippen molar-refractivity contribution in [3.63, 3.8) is 0 Å². The van der Waals surface area contributed by atoms with Crippen molar-refractivity contribution < 1.29 is 19.1 Å². The molecule has 1 aliphatic rings. The first-order chi connectivity index (χ1) is 9.28. The Morgan fingerprint density at radius 3 is 2.40 bits per heavy atom. The Morgan fingerprint density at radius 2 is 1.85 bits per heavy atom. The first-order valence-electron chi connectivity index (χ1n) is 5.70. The number of anilines is 1. The Labute approximate surface area is 129 Å². The van der Waals surface area contributed by atoms with Crippen molar-refractivity contribution in [2.75, 3.05) is 5.32 Å². The number of thiol groups is 1. The van der Waals surface area contributed by atoms with E-state index in [1.165, 1.54) is 20.0 Å². The van der Waals surface area contributed by atoms with Crippen LogP contribution in [0.2, 0.25) is 0 Å². The highest BCUT2D eigenvalue weighted by Crippen LogP contribution is 2.26. The van der Waals surface area contributed by atoms with E-state index in [4.69, 9.17) is 9.47 Å². The topological polar surface area (TPSA) is 64.6 Å². The maximum Gasteiger partial charge on any atom is 0.350 e. The van der Waals surface area contributed by atoms with Crippen LogP contribution in [-0.4, -0.2) is 17.7 Å². The predicted molar refractivity (Wildman–Crippen MR) is 79.4 cm³/mol. The van der Waals surface area contributed by atoms with Crippen molar-refractivity contribution in [3.05, 3.63) is 34.4 Å². The standard InChI is InChI=1S/C13H12BrNO4S/c1-13(2)18-11(16)8(12(17)19-13)6-15-9-4-3-7(14)5-10(9)20/h3-6,15,20H,1-2H3. The molecule has 0 spiro atoms. The molecule has 1 fully saturated rings. The van der Waals surface area contributed by atoms with Gasteiger partial charge in [-0.25, -0.2) is 9.59 Å². The number of halogens is 1. The lowest BCUT2D eigenvalue weighted by atomic mass is 10.2. The third-order valence-corrected chi connectivity index (χ3v) is 3.31. The number of benzene rings is 1. The van der Waals surface area contributed by atoms with Crippen LogP contribution in [0.4, 0.5) is 5.69 Å². The molecule has 106 valence electrons. The highest BCUT2D eigenvalue weighted by atomic mass is 79.9. The Bertz CT molecular complexity index is 590. The summed E-state index contributed by atoms with van der Waals surface area (Å²) in [4.78, 5) is 24.1. The molecule has 7 heteroatoms. The van der Waals surface area contributed by atoms with E-state index in [-0.39, 0.29) is 5.57 Å². The number of cyclic esters (lactones) is 2. The molecular formula is C13H12BrNO4S. The number of carbonyl (C=O) groups is 2. The summed E-state index contributed by atoms with van der Waals surface area (Å²) in [6.45, 7) is 2.99. The number of ether oxygens (including phenoxy) is 2. The second kappa shape index (κ2) is 5.49. The van der Waals surface area contributed by atoms with Crippen LogP contribution in [0.25, 0.3) is 0 Å². The van der Waals surface area contributed by atoms with Crippen molar-refractivity contribution in [1.29, 1.82) is 0 Å². The van der Waals surface area contributed by atoms with Gasteiger partial charge in [0.25, 0.3) is 5.79 Å². The fraction of sp³-hybridized carbons (Fsp3) is 0.231. The highest BCUT2D eigenvalue weighted by Gasteiger charge is 2.38. The molecule has 0 unspecified atom stereocenters. The van der Waals surface area contributed by atoms with E-state index in [9.17, 15) is 9.59 Å². The summed E-state index contributed by atoms with van der Waals surface area (Å²) >= 11 is 7.60. The lowest BCUT2D eigenvalue weighted by Crippen LogP contribution is -2.42. The maximum absolute atomic E-state index is 11.7. The van der Waals surface area contributed by atoms with E-state index in [0.29, 0.717) is 10.6 Å². The van der Waals surface area contributed by atoms with Gasteiger partial charge in [0.1, 0.15) is 0 Å². The van der Waals surface area contributed by atoms with Crippen LogP contribution in [0.3, 0.4) is 0 Å². The molecule has 0 amide bonds. The molecular weight excluding hydrogens is 346 g/mol. The van der Waals surface area contributed by atoms with Crippen LogP contribution in [0.15, 0.2) is 39.3 Å². The molecule has 1 aliphatic heterocycles. The SMILES string of the molecule is CC1(C)OC(=O)C(=CNc2ccc(Br)cc2S)C(=O)O1. The Morgan fingerprint density at radius 1 is 1.25 bits per heavy atom. The number of nitrogens with one attached hydrogen (secondary N) is 1. The van der Waals surface area contributed by atoms with E-state index in [1.807, 2.05) is 0 Å². The third kappa shape index (κ3) is 3.34. The minimum Gasteiger partial charge on any atom is -0.419 e. The van der Waals surface area contributed by atoms with Crippen molar-refractivity contribution in [2.24, 2.45) is 0 Å². The van der Waals surface area contributed by atoms with Crippen LogP contribution >= 0.6 is 28.6 Å². The molecule has 2 rings (SSSR count). The van der Waals surface area contributed by atoms with Gasteiger partial charge < -0.3 is 14.8 Å². The lowest BCUT2D eigenvalue weighted by molar-refractivity contribution is -0.222. The molecule has 0 saturated carbocycles. The zero-order valence-corrected chi connectivity index (χ0v) is 13.2. The fourth-order valence-electron chi connectivity index (χ4n) is 1.56. The van der Waals surface area contributed by atoms with Crippen molar-refractivity contribution in [2.45, 2.75) is 24.5 Å². The van der Waals surface area contributed by atoms with Gasteiger partial charge in [-0.05, 0) is 18.2 Å². The molecule has 0 aromatic heterocycles.